The Kier molecular flexibility index (Phi) is 6.86. The summed E-state index contributed by atoms with van der Waals surface area (Å²) in [7, 11) is 0. The highest BCUT2D eigenvalue weighted by Gasteiger charge is 2.51. The lowest BCUT2D eigenvalue weighted by molar-refractivity contribution is -0.144. The smallest absolute Gasteiger partial charge is 0.287 e. The van der Waals surface area contributed by atoms with E-state index in [0.717, 1.165) is 38.5 Å². The third-order valence-electron chi connectivity index (χ3n) is 7.35. The Hall–Kier alpha value is -2.25. The van der Waals surface area contributed by atoms with Crippen LogP contribution < -0.4 is 11.1 Å². The van der Waals surface area contributed by atoms with Gasteiger partial charge in [-0.1, -0.05) is 46.5 Å². The molecule has 0 radical (unpaired) electrons. The summed E-state index contributed by atoms with van der Waals surface area (Å²) >= 11 is 0. The maximum Gasteiger partial charge on any atom is 0.287 e. The maximum absolute atomic E-state index is 13.4. The van der Waals surface area contributed by atoms with Crippen molar-refractivity contribution in [1.82, 2.24) is 10.2 Å². The molecule has 3 aliphatic rings. The van der Waals surface area contributed by atoms with Crippen LogP contribution in [0.1, 0.15) is 65.7 Å². The lowest BCUT2D eigenvalue weighted by atomic mass is 9.80. The normalized spacial score (nSPS) is 27.7. The summed E-state index contributed by atoms with van der Waals surface area (Å²) in [5.41, 5.74) is 4.82. The van der Waals surface area contributed by atoms with Crippen LogP contribution in [0.4, 0.5) is 0 Å². The van der Waals surface area contributed by atoms with E-state index in [1.54, 1.807) is 4.90 Å². The zero-order valence-electron chi connectivity index (χ0n) is 18.9. The molecule has 1 unspecified atom stereocenters. The summed E-state index contributed by atoms with van der Waals surface area (Å²) in [5, 5.41) is 2.80. The molecular weight excluding hydrogens is 396 g/mol. The minimum atomic E-state index is -1.04. The molecule has 3 rings (SSSR count). The van der Waals surface area contributed by atoms with Gasteiger partial charge in [-0.05, 0) is 49.1 Å². The van der Waals surface area contributed by atoms with Crippen molar-refractivity contribution < 1.29 is 19.2 Å². The molecule has 0 bridgehead atoms. The topological polar surface area (TPSA) is 122 Å². The van der Waals surface area contributed by atoms with E-state index in [2.05, 4.69) is 17.0 Å². The molecule has 1 saturated heterocycles. The summed E-state index contributed by atoms with van der Waals surface area (Å²) < 4.78 is 0. The fraction of sp³-hybridized carbons (Fsp3) is 0.783. The molecule has 1 heterocycles. The number of carbonyl (C=O) groups excluding carboxylic acids is 4. The molecule has 3 fully saturated rings. The van der Waals surface area contributed by atoms with Gasteiger partial charge in [0, 0.05) is 6.54 Å². The SMILES string of the molecule is C=N[C@H](C(=O)N1C[C@@H]2CCC[C@@H]2[C@H]1C(=O)NC(CC1CCC1)C(=O)C(N)=O)C(C)(C)C. The second-order valence-corrected chi connectivity index (χ2v) is 10.6. The van der Waals surface area contributed by atoms with Gasteiger partial charge in [0.2, 0.25) is 17.6 Å². The van der Waals surface area contributed by atoms with Crippen LogP contribution in [0.15, 0.2) is 4.99 Å². The van der Waals surface area contributed by atoms with Gasteiger partial charge in [0.05, 0.1) is 6.04 Å². The molecule has 5 atom stereocenters. The Bertz CT molecular complexity index is 755. The fourth-order valence-electron chi connectivity index (χ4n) is 5.47. The molecule has 8 nitrogen and oxygen atoms in total. The highest BCUT2D eigenvalue weighted by Crippen LogP contribution is 2.43. The number of hydrogen-bond donors (Lipinski definition) is 2. The second-order valence-electron chi connectivity index (χ2n) is 10.6. The van der Waals surface area contributed by atoms with Crippen molar-refractivity contribution in [1.29, 1.82) is 0 Å². The summed E-state index contributed by atoms with van der Waals surface area (Å²) in [6.07, 6.45) is 6.34. The van der Waals surface area contributed by atoms with Crippen molar-refractivity contribution >= 4 is 30.2 Å². The molecule has 0 aromatic heterocycles. The van der Waals surface area contributed by atoms with Crippen LogP contribution >= 0.6 is 0 Å². The Morgan fingerprint density at radius 2 is 1.77 bits per heavy atom. The lowest BCUT2D eigenvalue weighted by Crippen LogP contribution is -2.56. The number of amides is 3. The summed E-state index contributed by atoms with van der Waals surface area (Å²) in [6.45, 7) is 9.90. The number of nitrogens with one attached hydrogen (secondary N) is 1. The Labute approximate surface area is 184 Å². The molecule has 0 aromatic carbocycles. The molecule has 2 aliphatic carbocycles. The van der Waals surface area contributed by atoms with Crippen molar-refractivity contribution in [3.8, 4) is 0 Å². The van der Waals surface area contributed by atoms with Gasteiger partial charge in [0.25, 0.3) is 5.91 Å². The standard InChI is InChI=1S/C23H36N4O4/c1-23(2,3)19(25-4)22(31)27-12-14-9-6-10-15(14)17(27)21(30)26-16(18(28)20(24)29)11-13-7-5-8-13/h13-17,19H,4-12H2,1-3H3,(H2,24,29)(H,26,30)/t14-,15-,16?,17-,19+/m0/s1. The predicted molar refractivity (Wildman–Crippen MR) is 117 cm³/mol. The highest BCUT2D eigenvalue weighted by atomic mass is 16.2. The molecule has 1 aliphatic heterocycles. The van der Waals surface area contributed by atoms with Crippen LogP contribution in [0.25, 0.3) is 0 Å². The number of primary amides is 1. The van der Waals surface area contributed by atoms with Crippen molar-refractivity contribution in [2.75, 3.05) is 6.54 Å². The van der Waals surface area contributed by atoms with Crippen LogP contribution in [0.2, 0.25) is 0 Å². The monoisotopic (exact) mass is 432 g/mol. The number of aliphatic imine (C=N–C) groups is 1. The number of ketones is 1. The first-order valence-electron chi connectivity index (χ1n) is 11.4. The van der Waals surface area contributed by atoms with Crippen LogP contribution in [-0.4, -0.2) is 59.8 Å². The van der Waals surface area contributed by atoms with Crippen LogP contribution in [0.3, 0.4) is 0 Å². The molecule has 31 heavy (non-hydrogen) atoms. The predicted octanol–water partition coefficient (Wildman–Crippen LogP) is 1.46. The average Bonchev–Trinajstić information content (AvgIpc) is 3.22. The first-order valence-corrected chi connectivity index (χ1v) is 11.4. The number of fused-ring (bicyclic) bond motifs is 1. The molecule has 0 spiro atoms. The van der Waals surface area contributed by atoms with E-state index in [-0.39, 0.29) is 23.7 Å². The van der Waals surface area contributed by atoms with E-state index >= 15 is 0 Å². The molecule has 2 saturated carbocycles. The average molecular weight is 433 g/mol. The van der Waals surface area contributed by atoms with Crippen LogP contribution in [-0.2, 0) is 19.2 Å². The van der Waals surface area contributed by atoms with E-state index in [1.165, 1.54) is 0 Å². The number of nitrogens with two attached hydrogens (primary N) is 1. The highest BCUT2D eigenvalue weighted by molar-refractivity contribution is 6.37. The number of likely N-dealkylation sites (tertiary alicyclic amines) is 1. The minimum Gasteiger partial charge on any atom is -0.363 e. The first kappa shape index (κ1) is 23.4. The lowest BCUT2D eigenvalue weighted by Gasteiger charge is -2.35. The summed E-state index contributed by atoms with van der Waals surface area (Å²) in [5.74, 6) is -1.73. The van der Waals surface area contributed by atoms with Crippen molar-refractivity contribution in [3.63, 3.8) is 0 Å². The third-order valence-corrected chi connectivity index (χ3v) is 7.35. The van der Waals surface area contributed by atoms with E-state index in [1.807, 2.05) is 20.8 Å². The van der Waals surface area contributed by atoms with E-state index < -0.39 is 35.2 Å². The van der Waals surface area contributed by atoms with Crippen molar-refractivity contribution in [3.05, 3.63) is 0 Å². The zero-order chi connectivity index (χ0) is 22.9. The zero-order valence-corrected chi connectivity index (χ0v) is 18.9. The number of nitrogens with zero attached hydrogens (tertiary/aromatic N) is 2. The molecular formula is C23H36N4O4. The van der Waals surface area contributed by atoms with E-state index in [4.69, 9.17) is 5.73 Å². The van der Waals surface area contributed by atoms with E-state index in [9.17, 15) is 19.2 Å². The molecule has 8 heteroatoms. The van der Waals surface area contributed by atoms with Crippen LogP contribution in [0.5, 0.6) is 0 Å². The van der Waals surface area contributed by atoms with Gasteiger partial charge in [-0.15, -0.1) is 0 Å². The largest absolute Gasteiger partial charge is 0.363 e. The number of hydrogen-bond acceptors (Lipinski definition) is 5. The van der Waals surface area contributed by atoms with Gasteiger partial charge in [0.15, 0.2) is 0 Å². The minimum absolute atomic E-state index is 0.0578. The molecule has 0 aromatic rings. The van der Waals surface area contributed by atoms with Crippen LogP contribution in [0, 0.1) is 23.2 Å². The molecule has 172 valence electrons. The summed E-state index contributed by atoms with van der Waals surface area (Å²) in [6, 6.07) is -2.24. The number of Topliss-reactive ketones (excluding diaryl/α,β-unsaturated/α-hetero) is 1. The van der Waals surface area contributed by atoms with Crippen molar-refractivity contribution in [2.45, 2.75) is 83.8 Å². The number of carbonyl (C=O) groups is 4. The molecule has 3 amide bonds. The Balaban J connectivity index is 1.82. The third kappa shape index (κ3) is 4.83. The van der Waals surface area contributed by atoms with Crippen molar-refractivity contribution in [2.24, 2.45) is 33.9 Å². The second kappa shape index (κ2) is 9.09. The van der Waals surface area contributed by atoms with Gasteiger partial charge in [-0.3, -0.25) is 24.2 Å². The first-order chi connectivity index (χ1) is 14.5. The summed E-state index contributed by atoms with van der Waals surface area (Å²) in [4.78, 5) is 56.5. The van der Waals surface area contributed by atoms with Gasteiger partial charge in [0.1, 0.15) is 12.1 Å². The Morgan fingerprint density at radius 1 is 1.13 bits per heavy atom. The van der Waals surface area contributed by atoms with Gasteiger partial charge in [-0.25, -0.2) is 0 Å². The fourth-order valence-corrected chi connectivity index (χ4v) is 5.47. The van der Waals surface area contributed by atoms with Gasteiger partial charge in [-0.2, -0.15) is 0 Å². The van der Waals surface area contributed by atoms with Gasteiger partial charge < -0.3 is 16.0 Å². The maximum atomic E-state index is 13.4. The quantitative estimate of drug-likeness (QED) is 0.445. The number of rotatable bonds is 8. The molecule has 3 N–H and O–H groups in total. The Morgan fingerprint density at radius 3 is 2.29 bits per heavy atom. The van der Waals surface area contributed by atoms with E-state index in [0.29, 0.717) is 18.9 Å². The van der Waals surface area contributed by atoms with Gasteiger partial charge >= 0.3 is 0 Å².